The van der Waals surface area contributed by atoms with E-state index in [4.69, 9.17) is 0 Å². The molecule has 0 amide bonds. The van der Waals surface area contributed by atoms with Crippen LogP contribution < -0.4 is 4.90 Å². The smallest absolute Gasteiger partial charge is 0.266 e. The molecule has 1 N–H and O–H groups in total. The highest BCUT2D eigenvalue weighted by Crippen LogP contribution is 2.32. The van der Waals surface area contributed by atoms with Crippen LogP contribution in [-0.4, -0.2) is 39.2 Å². The number of hydrogen-bond acceptors (Lipinski definition) is 4. The zero-order valence-corrected chi connectivity index (χ0v) is 8.32. The lowest BCUT2D eigenvalue weighted by Crippen LogP contribution is -2.25. The molecule has 0 radical (unpaired) electrons. The summed E-state index contributed by atoms with van der Waals surface area (Å²) < 4.78 is 26.2. The Balaban J connectivity index is 2.03. The number of halogens is 2. The van der Waals surface area contributed by atoms with Gasteiger partial charge in [-0.3, -0.25) is 5.10 Å². The molecule has 16 heavy (non-hydrogen) atoms. The standard InChI is InChI=1S/C9H9F2N5/c10-9(11)1-2-16(4-9)8-6-3-14-15-7(6)12-5-13-8/h3,5H,1-2,4H2,(H,12,13,14,15). The minimum absolute atomic E-state index is 0.129. The fraction of sp³-hybridized carbons (Fsp3) is 0.444. The van der Waals surface area contributed by atoms with E-state index in [1.807, 2.05) is 0 Å². The lowest BCUT2D eigenvalue weighted by atomic mass is 10.3. The SMILES string of the molecule is FC1(F)CCN(c2ncnc3[nH]ncc23)C1. The van der Waals surface area contributed by atoms with Crippen molar-refractivity contribution in [2.45, 2.75) is 12.3 Å². The normalized spacial score (nSPS) is 19.5. The lowest BCUT2D eigenvalue weighted by Gasteiger charge is -2.16. The van der Waals surface area contributed by atoms with Gasteiger partial charge in [-0.2, -0.15) is 5.10 Å². The van der Waals surface area contributed by atoms with Gasteiger partial charge < -0.3 is 4.90 Å². The van der Waals surface area contributed by atoms with Crippen molar-refractivity contribution in [1.29, 1.82) is 0 Å². The number of H-pyrrole nitrogens is 1. The number of nitrogens with one attached hydrogen (secondary N) is 1. The lowest BCUT2D eigenvalue weighted by molar-refractivity contribution is 0.0257. The maximum atomic E-state index is 13.1. The third kappa shape index (κ3) is 1.39. The Labute approximate surface area is 89.5 Å². The molecule has 2 aromatic rings. The van der Waals surface area contributed by atoms with Crippen LogP contribution in [0.25, 0.3) is 11.0 Å². The van der Waals surface area contributed by atoms with Crippen LogP contribution in [0.15, 0.2) is 12.5 Å². The zero-order valence-electron chi connectivity index (χ0n) is 8.32. The van der Waals surface area contributed by atoms with Gasteiger partial charge in [-0.1, -0.05) is 0 Å². The van der Waals surface area contributed by atoms with Crippen molar-refractivity contribution >= 4 is 16.9 Å². The van der Waals surface area contributed by atoms with E-state index in [1.54, 1.807) is 11.1 Å². The number of fused-ring (bicyclic) bond motifs is 1. The molecule has 0 spiro atoms. The third-order valence-corrected chi connectivity index (χ3v) is 2.70. The van der Waals surface area contributed by atoms with Crippen molar-refractivity contribution in [3.8, 4) is 0 Å². The number of aromatic nitrogens is 4. The second kappa shape index (κ2) is 3.10. The molecular weight excluding hydrogens is 216 g/mol. The molecule has 1 aliphatic rings. The van der Waals surface area contributed by atoms with Gasteiger partial charge in [-0.25, -0.2) is 18.7 Å². The molecule has 1 aliphatic heterocycles. The molecule has 0 saturated carbocycles. The van der Waals surface area contributed by atoms with Crippen LogP contribution in [0.3, 0.4) is 0 Å². The van der Waals surface area contributed by atoms with Crippen molar-refractivity contribution in [2.24, 2.45) is 0 Å². The summed E-state index contributed by atoms with van der Waals surface area (Å²) in [6.07, 6.45) is 2.78. The van der Waals surface area contributed by atoms with Gasteiger partial charge >= 0.3 is 0 Å². The summed E-state index contributed by atoms with van der Waals surface area (Å²) in [4.78, 5) is 9.58. The number of rotatable bonds is 1. The Morgan fingerprint density at radius 1 is 1.38 bits per heavy atom. The molecule has 5 nitrogen and oxygen atoms in total. The molecule has 0 atom stereocenters. The van der Waals surface area contributed by atoms with Gasteiger partial charge in [0.25, 0.3) is 5.92 Å². The molecular formula is C9H9F2N5. The van der Waals surface area contributed by atoms with Gasteiger partial charge in [0.05, 0.1) is 18.1 Å². The van der Waals surface area contributed by atoms with Gasteiger partial charge in [0, 0.05) is 13.0 Å². The van der Waals surface area contributed by atoms with Crippen LogP contribution in [0.1, 0.15) is 6.42 Å². The number of nitrogens with zero attached hydrogens (tertiary/aromatic N) is 4. The average Bonchev–Trinajstić information content (AvgIpc) is 2.83. The molecule has 2 aromatic heterocycles. The minimum Gasteiger partial charge on any atom is -0.350 e. The molecule has 3 rings (SSSR count). The van der Waals surface area contributed by atoms with Crippen LogP contribution in [0.5, 0.6) is 0 Å². The second-order valence-electron chi connectivity index (χ2n) is 3.86. The molecule has 0 aromatic carbocycles. The van der Waals surface area contributed by atoms with E-state index in [0.29, 0.717) is 23.4 Å². The predicted molar refractivity (Wildman–Crippen MR) is 53.5 cm³/mol. The molecule has 0 aliphatic carbocycles. The first-order valence-electron chi connectivity index (χ1n) is 4.93. The first-order valence-corrected chi connectivity index (χ1v) is 4.93. The quantitative estimate of drug-likeness (QED) is 0.792. The van der Waals surface area contributed by atoms with Crippen molar-refractivity contribution in [3.63, 3.8) is 0 Å². The Bertz CT molecular complexity index is 523. The zero-order chi connectivity index (χ0) is 11.2. The van der Waals surface area contributed by atoms with E-state index >= 15 is 0 Å². The van der Waals surface area contributed by atoms with Crippen LogP contribution in [-0.2, 0) is 0 Å². The second-order valence-corrected chi connectivity index (χ2v) is 3.86. The largest absolute Gasteiger partial charge is 0.350 e. The molecule has 3 heterocycles. The van der Waals surface area contributed by atoms with Gasteiger partial charge in [0.1, 0.15) is 12.1 Å². The highest BCUT2D eigenvalue weighted by Gasteiger charge is 2.39. The topological polar surface area (TPSA) is 57.7 Å². The maximum Gasteiger partial charge on any atom is 0.266 e. The summed E-state index contributed by atoms with van der Waals surface area (Å²) in [7, 11) is 0. The Kier molecular flexibility index (Phi) is 1.83. The summed E-state index contributed by atoms with van der Waals surface area (Å²) in [5.74, 6) is -2.10. The predicted octanol–water partition coefficient (Wildman–Crippen LogP) is 1.20. The highest BCUT2D eigenvalue weighted by molar-refractivity contribution is 5.86. The minimum atomic E-state index is -2.62. The summed E-state index contributed by atoms with van der Waals surface area (Å²) in [6.45, 7) is 0.0224. The number of alkyl halides is 2. The van der Waals surface area contributed by atoms with Gasteiger partial charge in [-0.05, 0) is 0 Å². The van der Waals surface area contributed by atoms with E-state index in [9.17, 15) is 8.78 Å². The van der Waals surface area contributed by atoms with Crippen LogP contribution in [0, 0.1) is 0 Å². The van der Waals surface area contributed by atoms with E-state index in [2.05, 4.69) is 20.2 Å². The van der Waals surface area contributed by atoms with Crippen molar-refractivity contribution < 1.29 is 8.78 Å². The van der Waals surface area contributed by atoms with Gasteiger partial charge in [-0.15, -0.1) is 0 Å². The number of anilines is 1. The van der Waals surface area contributed by atoms with Crippen molar-refractivity contribution in [1.82, 2.24) is 20.2 Å². The fourth-order valence-electron chi connectivity index (χ4n) is 1.92. The van der Waals surface area contributed by atoms with E-state index in [1.165, 1.54) is 6.33 Å². The third-order valence-electron chi connectivity index (χ3n) is 2.70. The van der Waals surface area contributed by atoms with E-state index < -0.39 is 5.92 Å². The summed E-state index contributed by atoms with van der Waals surface area (Å²) in [6, 6.07) is 0. The summed E-state index contributed by atoms with van der Waals surface area (Å²) >= 11 is 0. The van der Waals surface area contributed by atoms with Gasteiger partial charge in [0.2, 0.25) is 0 Å². The monoisotopic (exact) mass is 225 g/mol. The fourth-order valence-corrected chi connectivity index (χ4v) is 1.92. The van der Waals surface area contributed by atoms with Crippen molar-refractivity contribution in [3.05, 3.63) is 12.5 Å². The van der Waals surface area contributed by atoms with E-state index in [0.717, 1.165) is 0 Å². The molecule has 7 heteroatoms. The Morgan fingerprint density at radius 3 is 3.00 bits per heavy atom. The number of hydrogen-bond donors (Lipinski definition) is 1. The van der Waals surface area contributed by atoms with Crippen LogP contribution >= 0.6 is 0 Å². The first kappa shape index (κ1) is 9.44. The molecule has 1 saturated heterocycles. The van der Waals surface area contributed by atoms with Crippen molar-refractivity contribution in [2.75, 3.05) is 18.0 Å². The van der Waals surface area contributed by atoms with Crippen LogP contribution in [0.2, 0.25) is 0 Å². The van der Waals surface area contributed by atoms with Gasteiger partial charge in [0.15, 0.2) is 5.65 Å². The average molecular weight is 225 g/mol. The Morgan fingerprint density at radius 2 is 2.25 bits per heavy atom. The van der Waals surface area contributed by atoms with Crippen LogP contribution in [0.4, 0.5) is 14.6 Å². The molecule has 1 fully saturated rings. The Hall–Kier alpha value is -1.79. The number of aromatic amines is 1. The molecule has 0 unspecified atom stereocenters. The first-order chi connectivity index (χ1) is 7.66. The molecule has 0 bridgehead atoms. The van der Waals surface area contributed by atoms with E-state index in [-0.39, 0.29) is 13.0 Å². The summed E-state index contributed by atoms with van der Waals surface area (Å²) in [5.41, 5.74) is 0.570. The summed E-state index contributed by atoms with van der Waals surface area (Å²) in [5, 5.41) is 7.20. The molecule has 84 valence electrons. The maximum absolute atomic E-state index is 13.1. The highest BCUT2D eigenvalue weighted by atomic mass is 19.3.